The lowest BCUT2D eigenvalue weighted by atomic mass is 9.96. The smallest absolute Gasteiger partial charge is 0.335 e. The van der Waals surface area contributed by atoms with Crippen LogP contribution in [0.15, 0.2) is 79.0 Å². The van der Waals surface area contributed by atoms with E-state index in [2.05, 4.69) is 70.9 Å². The Hall–Kier alpha value is -3.97. The van der Waals surface area contributed by atoms with Crippen LogP contribution in [0.2, 0.25) is 0 Å². The maximum Gasteiger partial charge on any atom is 0.335 e. The average Bonchev–Trinajstić information content (AvgIpc) is 3.35. The van der Waals surface area contributed by atoms with E-state index in [0.29, 0.717) is 5.11 Å². The van der Waals surface area contributed by atoms with Crippen molar-refractivity contribution in [3.8, 4) is 5.69 Å². The Bertz CT molecular complexity index is 1400. The van der Waals surface area contributed by atoms with Gasteiger partial charge in [0.15, 0.2) is 5.11 Å². The highest BCUT2D eigenvalue weighted by atomic mass is 32.1. The Morgan fingerprint density at radius 3 is 2.29 bits per heavy atom. The second-order valence-electron chi connectivity index (χ2n) is 8.85. The molecule has 0 aliphatic carbocycles. The van der Waals surface area contributed by atoms with Gasteiger partial charge in [0, 0.05) is 29.0 Å². The fourth-order valence-electron chi connectivity index (χ4n) is 4.89. The third-order valence-corrected chi connectivity index (χ3v) is 6.89. The van der Waals surface area contributed by atoms with Crippen LogP contribution < -0.4 is 10.2 Å². The second-order valence-corrected chi connectivity index (χ2v) is 9.23. The number of aromatic nitrogens is 2. The molecule has 7 heteroatoms. The van der Waals surface area contributed by atoms with E-state index in [-0.39, 0.29) is 17.6 Å². The largest absolute Gasteiger partial charge is 0.478 e. The number of nitrogens with zero attached hydrogens (tertiary/aromatic N) is 3. The summed E-state index contributed by atoms with van der Waals surface area (Å²) in [6, 6.07) is 23.2. The lowest BCUT2D eigenvalue weighted by Gasteiger charge is -2.28. The Kier molecular flexibility index (Phi) is 5.86. The summed E-state index contributed by atoms with van der Waals surface area (Å²) in [5.74, 6) is -0.935. The average molecular weight is 483 g/mol. The molecule has 6 nitrogen and oxygen atoms in total. The molecule has 0 saturated carbocycles. The molecular formula is C28H26N4O2S. The van der Waals surface area contributed by atoms with Gasteiger partial charge in [-0.1, -0.05) is 23.8 Å². The highest BCUT2D eigenvalue weighted by Crippen LogP contribution is 2.43. The highest BCUT2D eigenvalue weighted by molar-refractivity contribution is 7.80. The second kappa shape index (κ2) is 9.00. The molecule has 1 aliphatic heterocycles. The number of nitrogens with one attached hydrogen (secondary N) is 1. The van der Waals surface area contributed by atoms with E-state index in [1.54, 1.807) is 18.3 Å². The molecule has 1 saturated heterocycles. The van der Waals surface area contributed by atoms with Crippen LogP contribution in [0.3, 0.4) is 0 Å². The number of pyridine rings is 1. The molecule has 176 valence electrons. The third kappa shape index (κ3) is 4.08. The van der Waals surface area contributed by atoms with Crippen molar-refractivity contribution in [1.82, 2.24) is 14.9 Å². The monoisotopic (exact) mass is 482 g/mol. The topological polar surface area (TPSA) is 70.4 Å². The highest BCUT2D eigenvalue weighted by Gasteiger charge is 2.42. The Labute approximate surface area is 209 Å². The molecule has 2 aromatic heterocycles. The standard InChI is InChI=1S/C28H26N4O2S/c1-17-7-11-22(12-8-17)32-26(25(30-28(32)35)24-6-4-5-15-29-24)23-16-18(2)31(19(23)3)21-13-9-20(10-14-21)27(33)34/h4-16,25-26H,1-3H3,(H,30,35)(H,33,34)/t25-,26-/m1/s1. The number of rotatable bonds is 5. The first-order valence-corrected chi connectivity index (χ1v) is 11.9. The molecule has 35 heavy (non-hydrogen) atoms. The van der Waals surface area contributed by atoms with E-state index in [9.17, 15) is 9.90 Å². The minimum absolute atomic E-state index is 0.113. The van der Waals surface area contributed by atoms with Crippen molar-refractivity contribution >= 4 is 29.0 Å². The number of anilines is 1. The molecule has 0 unspecified atom stereocenters. The van der Waals surface area contributed by atoms with Gasteiger partial charge in [-0.15, -0.1) is 0 Å². The van der Waals surface area contributed by atoms with E-state index in [1.807, 2.05) is 30.3 Å². The molecule has 2 aromatic carbocycles. The molecule has 2 atom stereocenters. The molecule has 1 aliphatic rings. The Morgan fingerprint density at radius 2 is 1.66 bits per heavy atom. The first kappa shape index (κ1) is 22.8. The van der Waals surface area contributed by atoms with Gasteiger partial charge in [-0.25, -0.2) is 4.79 Å². The predicted octanol–water partition coefficient (Wildman–Crippen LogP) is 5.67. The van der Waals surface area contributed by atoms with Gasteiger partial charge >= 0.3 is 5.97 Å². The zero-order valence-electron chi connectivity index (χ0n) is 19.8. The lowest BCUT2D eigenvalue weighted by molar-refractivity contribution is 0.0697. The molecule has 0 amide bonds. The number of hydrogen-bond donors (Lipinski definition) is 2. The molecule has 0 radical (unpaired) electrons. The molecule has 5 rings (SSSR count). The number of hydrogen-bond acceptors (Lipinski definition) is 3. The molecule has 0 spiro atoms. The predicted molar refractivity (Wildman–Crippen MR) is 141 cm³/mol. The van der Waals surface area contributed by atoms with E-state index in [0.717, 1.165) is 34.0 Å². The first-order chi connectivity index (χ1) is 16.8. The zero-order chi connectivity index (χ0) is 24.7. The van der Waals surface area contributed by atoms with Gasteiger partial charge in [-0.2, -0.15) is 0 Å². The van der Waals surface area contributed by atoms with Gasteiger partial charge < -0.3 is 19.9 Å². The van der Waals surface area contributed by atoms with Crippen molar-refractivity contribution in [2.45, 2.75) is 32.9 Å². The molecule has 1 fully saturated rings. The number of carbonyl (C=O) groups is 1. The van der Waals surface area contributed by atoms with Crippen molar-refractivity contribution in [2.75, 3.05) is 4.90 Å². The number of aromatic carboxylic acids is 1. The van der Waals surface area contributed by atoms with Gasteiger partial charge in [-0.05, 0) is 93.1 Å². The fraction of sp³-hybridized carbons (Fsp3) is 0.179. The number of carboxylic acid groups (broad SMARTS) is 1. The summed E-state index contributed by atoms with van der Waals surface area (Å²) in [6.07, 6.45) is 1.80. The maximum absolute atomic E-state index is 11.3. The van der Waals surface area contributed by atoms with Crippen molar-refractivity contribution < 1.29 is 9.90 Å². The summed E-state index contributed by atoms with van der Waals surface area (Å²) >= 11 is 5.85. The van der Waals surface area contributed by atoms with Crippen LogP contribution in [0.5, 0.6) is 0 Å². The number of benzene rings is 2. The van der Waals surface area contributed by atoms with Gasteiger partial charge in [0.25, 0.3) is 0 Å². The Morgan fingerprint density at radius 1 is 0.971 bits per heavy atom. The van der Waals surface area contributed by atoms with E-state index < -0.39 is 5.97 Å². The molecule has 0 bridgehead atoms. The molecular weight excluding hydrogens is 456 g/mol. The van der Waals surface area contributed by atoms with Crippen molar-refractivity contribution in [3.63, 3.8) is 0 Å². The van der Waals surface area contributed by atoms with Crippen LogP contribution in [-0.2, 0) is 0 Å². The van der Waals surface area contributed by atoms with Crippen LogP contribution in [0.4, 0.5) is 5.69 Å². The van der Waals surface area contributed by atoms with Gasteiger partial charge in [0.05, 0.1) is 23.3 Å². The van der Waals surface area contributed by atoms with Crippen molar-refractivity contribution in [2.24, 2.45) is 0 Å². The van der Waals surface area contributed by atoms with Crippen molar-refractivity contribution in [3.05, 3.63) is 113 Å². The number of carboxylic acids is 1. The van der Waals surface area contributed by atoms with Gasteiger partial charge in [-0.3, -0.25) is 4.98 Å². The van der Waals surface area contributed by atoms with Crippen LogP contribution >= 0.6 is 12.2 Å². The third-order valence-electron chi connectivity index (χ3n) is 6.57. The van der Waals surface area contributed by atoms with Crippen molar-refractivity contribution in [1.29, 1.82) is 0 Å². The Balaban J connectivity index is 1.65. The first-order valence-electron chi connectivity index (χ1n) is 11.4. The van der Waals surface area contributed by atoms with Gasteiger partial charge in [0.1, 0.15) is 0 Å². The summed E-state index contributed by atoms with van der Waals surface area (Å²) in [6.45, 7) is 6.23. The summed E-state index contributed by atoms with van der Waals surface area (Å²) in [5.41, 5.74) is 7.57. The number of thiocarbonyl (C=S) groups is 1. The van der Waals surface area contributed by atoms with Crippen LogP contribution in [-0.4, -0.2) is 25.7 Å². The van der Waals surface area contributed by atoms with E-state index in [4.69, 9.17) is 12.2 Å². The van der Waals surface area contributed by atoms with Crippen LogP contribution in [0, 0.1) is 20.8 Å². The summed E-state index contributed by atoms with van der Waals surface area (Å²) in [4.78, 5) is 18.1. The molecule has 3 heterocycles. The SMILES string of the molecule is Cc1ccc(N2C(=S)N[C@H](c3ccccn3)[C@H]2c2cc(C)n(-c3ccc(C(=O)O)cc3)c2C)cc1. The quantitative estimate of drug-likeness (QED) is 0.357. The van der Waals surface area contributed by atoms with E-state index >= 15 is 0 Å². The fourth-order valence-corrected chi connectivity index (χ4v) is 5.24. The van der Waals surface area contributed by atoms with Crippen LogP contribution in [0.1, 0.15) is 50.7 Å². The van der Waals surface area contributed by atoms with E-state index in [1.165, 1.54) is 5.56 Å². The summed E-state index contributed by atoms with van der Waals surface area (Å²) < 4.78 is 2.16. The summed E-state index contributed by atoms with van der Waals surface area (Å²) in [7, 11) is 0. The van der Waals surface area contributed by atoms with Crippen LogP contribution in [0.25, 0.3) is 5.69 Å². The maximum atomic E-state index is 11.3. The minimum atomic E-state index is -0.935. The number of aryl methyl sites for hydroxylation is 2. The minimum Gasteiger partial charge on any atom is -0.478 e. The molecule has 2 N–H and O–H groups in total. The molecule has 4 aromatic rings. The van der Waals surface area contributed by atoms with Gasteiger partial charge in [0.2, 0.25) is 0 Å². The lowest BCUT2D eigenvalue weighted by Crippen LogP contribution is -2.29. The normalized spacial score (nSPS) is 17.5. The summed E-state index contributed by atoms with van der Waals surface area (Å²) in [5, 5.41) is 13.5. The zero-order valence-corrected chi connectivity index (χ0v) is 20.6.